The van der Waals surface area contributed by atoms with Gasteiger partial charge in [-0.1, -0.05) is 212 Å². The van der Waals surface area contributed by atoms with Crippen molar-refractivity contribution in [1.82, 2.24) is 0 Å². The first-order valence-electron chi connectivity index (χ1n) is 26.4. The van der Waals surface area contributed by atoms with Crippen LogP contribution in [-0.4, -0.2) is 37.9 Å². The third kappa shape index (κ3) is 52.4. The molecule has 0 saturated heterocycles. The van der Waals surface area contributed by atoms with Gasteiger partial charge in [-0.2, -0.15) is 0 Å². The van der Waals surface area contributed by atoms with Crippen LogP contribution in [0.5, 0.6) is 0 Å². The molecule has 0 saturated carbocycles. The van der Waals surface area contributed by atoms with E-state index in [1.807, 2.05) is 6.08 Å². The van der Waals surface area contributed by atoms with Crippen LogP contribution >= 0.6 is 0 Å². The Morgan fingerprint density at radius 3 is 1.08 bits per heavy atom. The van der Waals surface area contributed by atoms with Gasteiger partial charge in [0.15, 0.2) is 6.10 Å². The van der Waals surface area contributed by atoms with E-state index in [0.717, 1.165) is 128 Å². The van der Waals surface area contributed by atoms with Crippen molar-refractivity contribution in [1.29, 1.82) is 0 Å². The molecule has 0 bridgehead atoms. The van der Waals surface area contributed by atoms with Gasteiger partial charge in [0.2, 0.25) is 0 Å². The number of carbonyl (C=O) groups is 2. The van der Waals surface area contributed by atoms with Gasteiger partial charge in [0.25, 0.3) is 0 Å². The van der Waals surface area contributed by atoms with Gasteiger partial charge in [0.1, 0.15) is 6.61 Å². The fraction of sp³-hybridized carbons (Fsp3) is 0.574. The minimum Gasteiger partial charge on any atom is -0.462 e. The zero-order valence-corrected chi connectivity index (χ0v) is 42.4. The summed E-state index contributed by atoms with van der Waals surface area (Å²) in [5, 5.41) is 0. The molecule has 5 heteroatoms. The van der Waals surface area contributed by atoms with Crippen LogP contribution in [-0.2, 0) is 23.8 Å². The summed E-state index contributed by atoms with van der Waals surface area (Å²) in [5.74, 6) is -0.533. The van der Waals surface area contributed by atoms with Gasteiger partial charge < -0.3 is 14.2 Å². The molecule has 0 heterocycles. The van der Waals surface area contributed by atoms with Crippen LogP contribution < -0.4 is 0 Å². The van der Waals surface area contributed by atoms with Crippen LogP contribution in [0.25, 0.3) is 0 Å². The van der Waals surface area contributed by atoms with E-state index in [2.05, 4.69) is 161 Å². The van der Waals surface area contributed by atoms with E-state index in [1.54, 1.807) is 0 Å². The smallest absolute Gasteiger partial charge is 0.306 e. The number of ether oxygens (including phenoxy) is 3. The molecule has 0 rings (SSSR count). The van der Waals surface area contributed by atoms with Gasteiger partial charge in [-0.15, -0.1) is 0 Å². The third-order valence-corrected chi connectivity index (χ3v) is 10.4. The summed E-state index contributed by atoms with van der Waals surface area (Å²) in [6.07, 6.45) is 80.1. The maximum atomic E-state index is 12.8. The van der Waals surface area contributed by atoms with Crippen molar-refractivity contribution in [2.45, 2.75) is 207 Å². The highest BCUT2D eigenvalue weighted by Gasteiger charge is 2.17. The maximum absolute atomic E-state index is 12.8. The van der Waals surface area contributed by atoms with Crippen LogP contribution in [0.4, 0.5) is 0 Å². The molecule has 1 atom stereocenters. The standard InChI is InChI=1S/C61H96O5/c1-4-7-10-13-16-19-22-25-28-30-31-32-34-36-39-42-45-48-51-54-60(62)65-58-59(57-64-56-53-50-47-44-41-38-35-29-26-23-20-17-14-11-8-5-2)66-61(63)55-52-49-46-43-40-37-33-27-24-21-18-15-12-9-6-3/h7-12,16-21,25-29,31-33,36,39,45,48,59H,4-6,13-15,22-24,30,34-35,37-38,40-44,46-47,49-58H2,1-3H3/b10-7-,11-8-,12-9-,19-16-,20-17-,21-18-,28-25-,29-26-,32-31-,33-27-,39-36-,48-45-. The Balaban J connectivity index is 4.48. The fourth-order valence-electron chi connectivity index (χ4n) is 6.56. The lowest BCUT2D eigenvalue weighted by molar-refractivity contribution is -0.162. The van der Waals surface area contributed by atoms with Crippen LogP contribution in [0.1, 0.15) is 201 Å². The highest BCUT2D eigenvalue weighted by Crippen LogP contribution is 2.12. The van der Waals surface area contributed by atoms with Gasteiger partial charge in [-0.25, -0.2) is 0 Å². The van der Waals surface area contributed by atoms with Crippen molar-refractivity contribution in [2.75, 3.05) is 19.8 Å². The molecule has 5 nitrogen and oxygen atoms in total. The second-order valence-corrected chi connectivity index (χ2v) is 16.6. The predicted molar refractivity (Wildman–Crippen MR) is 288 cm³/mol. The first-order chi connectivity index (χ1) is 32.6. The summed E-state index contributed by atoms with van der Waals surface area (Å²) in [6, 6.07) is 0. The number of allylic oxidation sites excluding steroid dienone is 24. The molecule has 0 N–H and O–H groups in total. The van der Waals surface area contributed by atoms with Crippen molar-refractivity contribution >= 4 is 11.9 Å². The van der Waals surface area contributed by atoms with Gasteiger partial charge in [0, 0.05) is 19.4 Å². The largest absolute Gasteiger partial charge is 0.462 e. The van der Waals surface area contributed by atoms with Gasteiger partial charge >= 0.3 is 11.9 Å². The first kappa shape index (κ1) is 61.8. The van der Waals surface area contributed by atoms with Crippen LogP contribution in [0.2, 0.25) is 0 Å². The van der Waals surface area contributed by atoms with Crippen molar-refractivity contribution in [3.8, 4) is 0 Å². The number of esters is 2. The molecule has 1 unspecified atom stereocenters. The molecule has 0 aromatic carbocycles. The summed E-state index contributed by atoms with van der Waals surface area (Å²) in [6.45, 7) is 7.34. The lowest BCUT2D eigenvalue weighted by atomic mass is 10.1. The molecule has 0 aromatic heterocycles. The normalized spacial score (nSPS) is 13.4. The van der Waals surface area contributed by atoms with Crippen LogP contribution in [0, 0.1) is 0 Å². The number of carbonyl (C=O) groups excluding carboxylic acids is 2. The van der Waals surface area contributed by atoms with E-state index in [0.29, 0.717) is 19.4 Å². The highest BCUT2D eigenvalue weighted by molar-refractivity contribution is 5.70. The van der Waals surface area contributed by atoms with E-state index in [1.165, 1.54) is 32.1 Å². The van der Waals surface area contributed by atoms with Gasteiger partial charge in [-0.3, -0.25) is 9.59 Å². The Morgan fingerprint density at radius 2 is 0.667 bits per heavy atom. The maximum Gasteiger partial charge on any atom is 0.306 e. The minimum atomic E-state index is -0.594. The molecule has 370 valence electrons. The highest BCUT2D eigenvalue weighted by atomic mass is 16.6. The Labute approximate surface area is 406 Å². The summed E-state index contributed by atoms with van der Waals surface area (Å²) in [5.41, 5.74) is 0. The Hall–Kier alpha value is -4.22. The Morgan fingerprint density at radius 1 is 0.333 bits per heavy atom. The Bertz CT molecular complexity index is 1450. The van der Waals surface area contributed by atoms with E-state index >= 15 is 0 Å². The molecule has 0 spiro atoms. The number of hydrogen-bond donors (Lipinski definition) is 0. The van der Waals surface area contributed by atoms with Crippen LogP contribution in [0.3, 0.4) is 0 Å². The second kappa shape index (κ2) is 55.1. The molecule has 0 aliphatic carbocycles. The molecule has 66 heavy (non-hydrogen) atoms. The van der Waals surface area contributed by atoms with E-state index in [9.17, 15) is 9.59 Å². The van der Waals surface area contributed by atoms with E-state index < -0.39 is 6.10 Å². The summed E-state index contributed by atoms with van der Waals surface area (Å²) < 4.78 is 17.3. The van der Waals surface area contributed by atoms with Crippen molar-refractivity contribution in [2.24, 2.45) is 0 Å². The zero-order valence-electron chi connectivity index (χ0n) is 42.4. The van der Waals surface area contributed by atoms with E-state index in [-0.39, 0.29) is 31.6 Å². The molecule has 0 aromatic rings. The molecule has 0 fully saturated rings. The molecule has 0 amide bonds. The number of unbranched alkanes of at least 4 members (excludes halogenated alkanes) is 11. The lowest BCUT2D eigenvalue weighted by Gasteiger charge is -2.18. The summed E-state index contributed by atoms with van der Waals surface area (Å²) >= 11 is 0. The average molecular weight is 909 g/mol. The second-order valence-electron chi connectivity index (χ2n) is 16.6. The monoisotopic (exact) mass is 909 g/mol. The molecular formula is C61H96O5. The van der Waals surface area contributed by atoms with Crippen LogP contribution in [0.15, 0.2) is 146 Å². The molecule has 0 aliphatic rings. The quantitative estimate of drug-likeness (QED) is 0.0346. The third-order valence-electron chi connectivity index (χ3n) is 10.4. The van der Waals surface area contributed by atoms with Crippen molar-refractivity contribution in [3.63, 3.8) is 0 Å². The van der Waals surface area contributed by atoms with Crippen molar-refractivity contribution < 1.29 is 23.8 Å². The van der Waals surface area contributed by atoms with Crippen molar-refractivity contribution in [3.05, 3.63) is 146 Å². The predicted octanol–water partition coefficient (Wildman–Crippen LogP) is 18.1. The average Bonchev–Trinajstić information content (AvgIpc) is 3.32. The SMILES string of the molecule is CC/C=C\C/C=C\C/C=C\C/C=C\C/C=C\C/C=C\CCC(=O)OCC(COCCCCCCCC/C=C\C/C=C\C/C=C\CC)OC(=O)CCCCCCC/C=C\C/C=C\C/C=C\CC. The number of rotatable bonds is 46. The Kier molecular flexibility index (Phi) is 51.6. The molecule has 0 radical (unpaired) electrons. The summed E-state index contributed by atoms with van der Waals surface area (Å²) in [7, 11) is 0. The first-order valence-corrected chi connectivity index (χ1v) is 26.4. The van der Waals surface area contributed by atoms with Gasteiger partial charge in [-0.05, 0) is 122 Å². The molecular weight excluding hydrogens is 813 g/mol. The zero-order chi connectivity index (χ0) is 47.7. The molecule has 0 aliphatic heterocycles. The fourth-order valence-corrected chi connectivity index (χ4v) is 6.56. The summed E-state index contributed by atoms with van der Waals surface area (Å²) in [4.78, 5) is 25.4. The lowest BCUT2D eigenvalue weighted by Crippen LogP contribution is -2.30. The van der Waals surface area contributed by atoms with E-state index in [4.69, 9.17) is 14.2 Å². The van der Waals surface area contributed by atoms with Gasteiger partial charge in [0.05, 0.1) is 6.61 Å². The number of hydrogen-bond acceptors (Lipinski definition) is 5. The topological polar surface area (TPSA) is 61.8 Å². The minimum absolute atomic E-state index is 0.0224.